The highest BCUT2D eigenvalue weighted by Crippen LogP contribution is 2.33. The molecule has 112 valence electrons. The van der Waals surface area contributed by atoms with Gasteiger partial charge in [-0.05, 0) is 18.8 Å². The van der Waals surface area contributed by atoms with Gasteiger partial charge in [0, 0.05) is 46.6 Å². The highest BCUT2D eigenvalue weighted by atomic mass is 16.2. The summed E-state index contributed by atoms with van der Waals surface area (Å²) in [6, 6.07) is 0. The van der Waals surface area contributed by atoms with Crippen molar-refractivity contribution in [3.05, 3.63) is 0 Å². The third-order valence-corrected chi connectivity index (χ3v) is 4.10. The molecule has 2 rings (SSSR count). The van der Waals surface area contributed by atoms with Gasteiger partial charge in [-0.15, -0.1) is 0 Å². The molecule has 1 heterocycles. The van der Waals surface area contributed by atoms with Crippen LogP contribution in [0.2, 0.25) is 0 Å². The number of nitrogens with one attached hydrogen (secondary N) is 1. The lowest BCUT2D eigenvalue weighted by molar-refractivity contribution is -0.133. The molecular weight excluding hydrogens is 258 g/mol. The Balaban J connectivity index is 2.03. The first-order chi connectivity index (χ1) is 9.51. The Labute approximate surface area is 119 Å². The van der Waals surface area contributed by atoms with Gasteiger partial charge in [-0.3, -0.25) is 14.4 Å². The molecule has 2 fully saturated rings. The molecule has 1 aliphatic carbocycles. The van der Waals surface area contributed by atoms with Gasteiger partial charge in [0.05, 0.1) is 5.92 Å². The summed E-state index contributed by atoms with van der Waals surface area (Å²) in [6.45, 7) is 3.34. The SMILES string of the molecule is CNC(=O)[C@@H]1CN(C(C)=O)CCN(C(=O)CC2CC2)C1. The molecular formula is C14H23N3O3. The van der Waals surface area contributed by atoms with Gasteiger partial charge in [-0.2, -0.15) is 0 Å². The van der Waals surface area contributed by atoms with Crippen LogP contribution in [0.25, 0.3) is 0 Å². The molecule has 20 heavy (non-hydrogen) atoms. The number of carbonyl (C=O) groups excluding carboxylic acids is 3. The van der Waals surface area contributed by atoms with Gasteiger partial charge in [0.15, 0.2) is 0 Å². The summed E-state index contributed by atoms with van der Waals surface area (Å²) >= 11 is 0. The Morgan fingerprint density at radius 2 is 1.70 bits per heavy atom. The molecule has 0 aromatic carbocycles. The quantitative estimate of drug-likeness (QED) is 0.781. The van der Waals surface area contributed by atoms with Gasteiger partial charge < -0.3 is 15.1 Å². The summed E-state index contributed by atoms with van der Waals surface area (Å²) in [7, 11) is 1.59. The molecule has 6 heteroatoms. The molecule has 1 saturated heterocycles. The van der Waals surface area contributed by atoms with Crippen LogP contribution in [0.4, 0.5) is 0 Å². The van der Waals surface area contributed by atoms with Crippen LogP contribution in [0.1, 0.15) is 26.2 Å². The van der Waals surface area contributed by atoms with Crippen LogP contribution in [0.15, 0.2) is 0 Å². The third kappa shape index (κ3) is 3.71. The van der Waals surface area contributed by atoms with Crippen LogP contribution in [0.3, 0.4) is 0 Å². The van der Waals surface area contributed by atoms with Crippen molar-refractivity contribution in [3.63, 3.8) is 0 Å². The Kier molecular flexibility index (Phi) is 4.62. The minimum Gasteiger partial charge on any atom is -0.359 e. The zero-order valence-corrected chi connectivity index (χ0v) is 12.2. The van der Waals surface area contributed by atoms with Gasteiger partial charge in [0.25, 0.3) is 0 Å². The molecule has 0 unspecified atom stereocenters. The Morgan fingerprint density at radius 1 is 1.10 bits per heavy atom. The molecule has 1 N–H and O–H groups in total. The van der Waals surface area contributed by atoms with E-state index in [9.17, 15) is 14.4 Å². The third-order valence-electron chi connectivity index (χ3n) is 4.10. The number of amides is 3. The monoisotopic (exact) mass is 281 g/mol. The van der Waals surface area contributed by atoms with Crippen molar-refractivity contribution in [2.24, 2.45) is 11.8 Å². The summed E-state index contributed by atoms with van der Waals surface area (Å²) in [5, 5.41) is 2.62. The first-order valence-electron chi connectivity index (χ1n) is 7.26. The van der Waals surface area contributed by atoms with Gasteiger partial charge in [-0.1, -0.05) is 0 Å². The average molecular weight is 281 g/mol. The summed E-state index contributed by atoms with van der Waals surface area (Å²) in [5.41, 5.74) is 0. The number of hydrogen-bond acceptors (Lipinski definition) is 3. The van der Waals surface area contributed by atoms with E-state index in [0.717, 1.165) is 12.8 Å². The molecule has 0 spiro atoms. The fraction of sp³-hybridized carbons (Fsp3) is 0.786. The summed E-state index contributed by atoms with van der Waals surface area (Å²) < 4.78 is 0. The maximum Gasteiger partial charge on any atom is 0.226 e. The van der Waals surface area contributed by atoms with Crippen LogP contribution in [0.5, 0.6) is 0 Å². The minimum absolute atomic E-state index is 0.0459. The molecule has 6 nitrogen and oxygen atoms in total. The van der Waals surface area contributed by atoms with Gasteiger partial charge in [0.2, 0.25) is 17.7 Å². The first-order valence-corrected chi connectivity index (χ1v) is 7.26. The van der Waals surface area contributed by atoms with Crippen molar-refractivity contribution in [1.82, 2.24) is 15.1 Å². The highest BCUT2D eigenvalue weighted by molar-refractivity contribution is 5.82. The molecule has 0 bridgehead atoms. The second kappa shape index (κ2) is 6.24. The van der Waals surface area contributed by atoms with Gasteiger partial charge >= 0.3 is 0 Å². The smallest absolute Gasteiger partial charge is 0.226 e. The largest absolute Gasteiger partial charge is 0.359 e. The standard InChI is InChI=1S/C14H23N3O3/c1-10(18)16-5-6-17(13(19)7-11-3-4-11)9-12(8-16)14(20)15-2/h11-12H,3-9H2,1-2H3,(H,15,20)/t12-/m1/s1. The van der Waals surface area contributed by atoms with Gasteiger partial charge in [-0.25, -0.2) is 0 Å². The van der Waals surface area contributed by atoms with Crippen LogP contribution in [0, 0.1) is 11.8 Å². The molecule has 0 aromatic rings. The second-order valence-corrected chi connectivity index (χ2v) is 5.76. The number of nitrogens with zero attached hydrogens (tertiary/aromatic N) is 2. The normalized spacial score (nSPS) is 23.2. The summed E-state index contributed by atoms with van der Waals surface area (Å²) in [6.07, 6.45) is 2.86. The maximum absolute atomic E-state index is 12.2. The zero-order valence-electron chi connectivity index (χ0n) is 12.2. The van der Waals surface area contributed by atoms with E-state index in [1.54, 1.807) is 16.8 Å². The van der Waals surface area contributed by atoms with E-state index in [1.165, 1.54) is 6.92 Å². The summed E-state index contributed by atoms with van der Waals surface area (Å²) in [4.78, 5) is 39.1. The number of rotatable bonds is 3. The molecule has 0 aromatic heterocycles. The molecule has 2 aliphatic rings. The van der Waals surface area contributed by atoms with E-state index >= 15 is 0 Å². The van der Waals surface area contributed by atoms with Crippen molar-refractivity contribution in [3.8, 4) is 0 Å². The van der Waals surface area contributed by atoms with E-state index in [-0.39, 0.29) is 23.6 Å². The molecule has 1 saturated carbocycles. The minimum atomic E-state index is -0.338. The van der Waals surface area contributed by atoms with Crippen LogP contribution < -0.4 is 5.32 Å². The number of carbonyl (C=O) groups is 3. The Morgan fingerprint density at radius 3 is 2.25 bits per heavy atom. The van der Waals surface area contributed by atoms with Crippen molar-refractivity contribution < 1.29 is 14.4 Å². The average Bonchev–Trinajstić information content (AvgIpc) is 3.22. The molecule has 3 amide bonds. The van der Waals surface area contributed by atoms with E-state index in [4.69, 9.17) is 0 Å². The van der Waals surface area contributed by atoms with E-state index in [0.29, 0.717) is 38.5 Å². The Hall–Kier alpha value is -1.59. The van der Waals surface area contributed by atoms with Crippen molar-refractivity contribution >= 4 is 17.7 Å². The second-order valence-electron chi connectivity index (χ2n) is 5.76. The molecule has 0 radical (unpaired) electrons. The summed E-state index contributed by atoms with van der Waals surface area (Å²) in [5.74, 6) is 0.159. The predicted octanol–water partition coefficient (Wildman–Crippen LogP) is -0.161. The van der Waals surface area contributed by atoms with E-state index < -0.39 is 0 Å². The number of hydrogen-bond donors (Lipinski definition) is 1. The fourth-order valence-corrected chi connectivity index (χ4v) is 2.59. The lowest BCUT2D eigenvalue weighted by Crippen LogP contribution is -2.42. The Bertz CT molecular complexity index is 406. The first kappa shape index (κ1) is 14.8. The van der Waals surface area contributed by atoms with Crippen molar-refractivity contribution in [2.45, 2.75) is 26.2 Å². The van der Waals surface area contributed by atoms with Crippen molar-refractivity contribution in [1.29, 1.82) is 0 Å². The lowest BCUT2D eigenvalue weighted by atomic mass is 10.1. The van der Waals surface area contributed by atoms with Crippen LogP contribution in [-0.4, -0.2) is 60.7 Å². The molecule has 1 atom stereocenters. The topological polar surface area (TPSA) is 69.7 Å². The van der Waals surface area contributed by atoms with Gasteiger partial charge in [0.1, 0.15) is 0 Å². The predicted molar refractivity (Wildman–Crippen MR) is 73.7 cm³/mol. The highest BCUT2D eigenvalue weighted by Gasteiger charge is 2.32. The van der Waals surface area contributed by atoms with E-state index in [2.05, 4.69) is 5.32 Å². The zero-order chi connectivity index (χ0) is 14.7. The maximum atomic E-state index is 12.2. The van der Waals surface area contributed by atoms with Crippen LogP contribution >= 0.6 is 0 Å². The van der Waals surface area contributed by atoms with Crippen molar-refractivity contribution in [2.75, 3.05) is 33.2 Å². The lowest BCUT2D eigenvalue weighted by Gasteiger charge is -2.23. The molecule has 1 aliphatic heterocycles. The fourth-order valence-electron chi connectivity index (χ4n) is 2.59. The van der Waals surface area contributed by atoms with Crippen LogP contribution in [-0.2, 0) is 14.4 Å². The van der Waals surface area contributed by atoms with E-state index in [1.807, 2.05) is 0 Å².